The molecule has 1 amide bonds. The maximum absolute atomic E-state index is 13.8. The van der Waals surface area contributed by atoms with Crippen LogP contribution in [-0.4, -0.2) is 26.9 Å². The van der Waals surface area contributed by atoms with Crippen molar-refractivity contribution in [1.29, 1.82) is 0 Å². The lowest BCUT2D eigenvalue weighted by Gasteiger charge is -2.31. The molecule has 3 rings (SSSR count). The van der Waals surface area contributed by atoms with Gasteiger partial charge in [0.1, 0.15) is 5.82 Å². The average Bonchev–Trinajstić information content (AvgIpc) is 2.96. The van der Waals surface area contributed by atoms with Crippen LogP contribution in [0, 0.1) is 6.92 Å². The molecule has 218 valence electrons. The van der Waals surface area contributed by atoms with Gasteiger partial charge in [-0.05, 0) is 51.0 Å². The van der Waals surface area contributed by atoms with E-state index in [1.807, 2.05) is 67.3 Å². The number of carbonyl (C=O) groups is 1. The van der Waals surface area contributed by atoms with E-state index in [0.717, 1.165) is 49.8 Å². The molecule has 3 aromatic rings. The van der Waals surface area contributed by atoms with E-state index in [1.54, 1.807) is 4.57 Å². The molecule has 1 unspecified atom stereocenters. The van der Waals surface area contributed by atoms with Gasteiger partial charge in [0.05, 0.1) is 22.6 Å². The van der Waals surface area contributed by atoms with Gasteiger partial charge in [0.2, 0.25) is 5.91 Å². The predicted octanol–water partition coefficient (Wildman–Crippen LogP) is 9.08. The van der Waals surface area contributed by atoms with Crippen LogP contribution in [0.15, 0.2) is 53.3 Å². The third kappa shape index (κ3) is 9.04. The Bertz CT molecular complexity index is 1230. The van der Waals surface area contributed by atoms with E-state index < -0.39 is 0 Å². The van der Waals surface area contributed by atoms with Crippen LogP contribution in [0.1, 0.15) is 128 Å². The van der Waals surface area contributed by atoms with Crippen molar-refractivity contribution in [3.05, 3.63) is 70.3 Å². The van der Waals surface area contributed by atoms with E-state index in [4.69, 9.17) is 4.98 Å². The van der Waals surface area contributed by atoms with Crippen LogP contribution in [0.4, 0.5) is 0 Å². The first-order valence-corrected chi connectivity index (χ1v) is 15.9. The predicted molar refractivity (Wildman–Crippen MR) is 168 cm³/mol. The van der Waals surface area contributed by atoms with Crippen molar-refractivity contribution in [3.63, 3.8) is 0 Å². The quantitative estimate of drug-likeness (QED) is 0.150. The van der Waals surface area contributed by atoms with Gasteiger partial charge >= 0.3 is 0 Å². The van der Waals surface area contributed by atoms with Crippen LogP contribution in [0.25, 0.3) is 16.6 Å². The Labute approximate surface area is 242 Å². The number of carbonyl (C=O) groups excluding carboxylic acids is 1. The largest absolute Gasteiger partial charge is 0.333 e. The Kier molecular flexibility index (Phi) is 13.4. The number of aromatic nitrogens is 2. The second-order valence-corrected chi connectivity index (χ2v) is 11.4. The lowest BCUT2D eigenvalue weighted by Crippen LogP contribution is -2.38. The molecule has 0 bridgehead atoms. The minimum absolute atomic E-state index is 0.0892. The Hall–Kier alpha value is -2.95. The van der Waals surface area contributed by atoms with Crippen molar-refractivity contribution >= 4 is 16.8 Å². The molecule has 1 aromatic heterocycles. The number of hydrogen-bond donors (Lipinski definition) is 0. The SMILES string of the molecule is CCCCCCCCCCCC(=O)N(CCCCCC)C(C)c1nc2ccccc2c(=O)n1-c1ccc(C)cc1. The van der Waals surface area contributed by atoms with Gasteiger partial charge in [0, 0.05) is 13.0 Å². The van der Waals surface area contributed by atoms with E-state index in [0.29, 0.717) is 29.7 Å². The Morgan fingerprint density at radius 3 is 2.02 bits per heavy atom. The minimum atomic E-state index is -0.314. The Balaban J connectivity index is 1.81. The second kappa shape index (κ2) is 17.0. The van der Waals surface area contributed by atoms with E-state index in [9.17, 15) is 9.59 Å². The van der Waals surface area contributed by atoms with Gasteiger partial charge < -0.3 is 4.90 Å². The first-order chi connectivity index (χ1) is 19.5. The van der Waals surface area contributed by atoms with E-state index in [1.165, 1.54) is 44.9 Å². The van der Waals surface area contributed by atoms with Gasteiger partial charge in [-0.2, -0.15) is 0 Å². The highest BCUT2D eigenvalue weighted by molar-refractivity contribution is 5.79. The molecule has 0 saturated heterocycles. The maximum atomic E-state index is 13.8. The van der Waals surface area contributed by atoms with Gasteiger partial charge in [0.25, 0.3) is 5.56 Å². The molecule has 1 heterocycles. The van der Waals surface area contributed by atoms with Crippen molar-refractivity contribution < 1.29 is 4.79 Å². The fourth-order valence-electron chi connectivity index (χ4n) is 5.49. The van der Waals surface area contributed by atoms with Crippen LogP contribution < -0.4 is 5.56 Å². The highest BCUT2D eigenvalue weighted by Gasteiger charge is 2.26. The van der Waals surface area contributed by atoms with Crippen LogP contribution in [-0.2, 0) is 4.79 Å². The first-order valence-electron chi connectivity index (χ1n) is 15.9. The summed E-state index contributed by atoms with van der Waals surface area (Å²) in [5.41, 5.74) is 2.51. The second-order valence-electron chi connectivity index (χ2n) is 11.4. The number of fused-ring (bicyclic) bond motifs is 1. The zero-order valence-electron chi connectivity index (χ0n) is 25.5. The summed E-state index contributed by atoms with van der Waals surface area (Å²) < 4.78 is 1.72. The third-order valence-electron chi connectivity index (χ3n) is 8.00. The summed E-state index contributed by atoms with van der Waals surface area (Å²) in [6, 6.07) is 15.2. The molecule has 0 aliphatic rings. The van der Waals surface area contributed by atoms with Gasteiger partial charge in [-0.15, -0.1) is 0 Å². The van der Waals surface area contributed by atoms with Gasteiger partial charge in [0.15, 0.2) is 0 Å². The smallest absolute Gasteiger partial charge is 0.266 e. The topological polar surface area (TPSA) is 55.2 Å². The van der Waals surface area contributed by atoms with Crippen LogP contribution >= 0.6 is 0 Å². The Morgan fingerprint density at radius 1 is 0.800 bits per heavy atom. The van der Waals surface area contributed by atoms with Crippen LogP contribution in [0.2, 0.25) is 0 Å². The molecule has 0 spiro atoms. The molecular weight excluding hydrogens is 494 g/mol. The molecule has 0 radical (unpaired) electrons. The summed E-state index contributed by atoms with van der Waals surface area (Å²) in [6.07, 6.45) is 16.0. The standard InChI is InChI=1S/C35H51N3O2/c1-5-7-9-11-12-13-14-15-16-22-33(39)37(27-19-10-8-6-2)29(4)34-36-32-21-18-17-20-31(32)35(40)38(34)30-25-23-28(3)24-26-30/h17-18,20-21,23-26,29H,5-16,19,22,27H2,1-4H3. The first kappa shape index (κ1) is 31.6. The van der Waals surface area contributed by atoms with Crippen LogP contribution in [0.5, 0.6) is 0 Å². The molecule has 0 fully saturated rings. The number of unbranched alkanes of at least 4 members (excludes halogenated alkanes) is 11. The molecule has 2 aromatic carbocycles. The molecule has 0 N–H and O–H groups in total. The maximum Gasteiger partial charge on any atom is 0.266 e. The molecular formula is C35H51N3O2. The molecule has 0 aliphatic heterocycles. The number of rotatable bonds is 18. The van der Waals surface area contributed by atoms with Crippen molar-refractivity contribution in [3.8, 4) is 5.69 Å². The summed E-state index contributed by atoms with van der Waals surface area (Å²) in [5, 5.41) is 0.592. The number of amides is 1. The zero-order chi connectivity index (χ0) is 28.7. The molecule has 40 heavy (non-hydrogen) atoms. The summed E-state index contributed by atoms with van der Waals surface area (Å²) >= 11 is 0. The number of benzene rings is 2. The van der Waals surface area contributed by atoms with Crippen LogP contribution in [0.3, 0.4) is 0 Å². The van der Waals surface area contributed by atoms with Gasteiger partial charge in [-0.25, -0.2) is 4.98 Å². The fourth-order valence-corrected chi connectivity index (χ4v) is 5.49. The average molecular weight is 546 g/mol. The Morgan fingerprint density at radius 2 is 1.38 bits per heavy atom. The lowest BCUT2D eigenvalue weighted by atomic mass is 10.1. The number of aryl methyl sites for hydroxylation is 1. The lowest BCUT2D eigenvalue weighted by molar-refractivity contribution is -0.133. The monoisotopic (exact) mass is 545 g/mol. The number of nitrogens with zero attached hydrogens (tertiary/aromatic N) is 3. The molecule has 0 saturated carbocycles. The molecule has 5 heteroatoms. The van der Waals surface area contributed by atoms with E-state index in [-0.39, 0.29) is 17.5 Å². The fraction of sp³-hybridized carbons (Fsp3) is 0.571. The van der Waals surface area contributed by atoms with Crippen molar-refractivity contribution in [2.75, 3.05) is 6.54 Å². The zero-order valence-corrected chi connectivity index (χ0v) is 25.5. The summed E-state index contributed by atoms with van der Waals surface area (Å²) in [4.78, 5) is 34.5. The number of hydrogen-bond acceptors (Lipinski definition) is 3. The van der Waals surface area contributed by atoms with Crippen molar-refractivity contribution in [2.24, 2.45) is 0 Å². The summed E-state index contributed by atoms with van der Waals surface area (Å²) in [6.45, 7) is 9.22. The van der Waals surface area contributed by atoms with Crippen molar-refractivity contribution in [1.82, 2.24) is 14.5 Å². The van der Waals surface area contributed by atoms with Gasteiger partial charge in [-0.1, -0.05) is 114 Å². The number of para-hydroxylation sites is 1. The normalized spacial score (nSPS) is 12.1. The summed E-state index contributed by atoms with van der Waals surface area (Å²) in [5.74, 6) is 0.799. The highest BCUT2D eigenvalue weighted by atomic mass is 16.2. The highest BCUT2D eigenvalue weighted by Crippen LogP contribution is 2.25. The molecule has 1 atom stereocenters. The van der Waals surface area contributed by atoms with Crippen molar-refractivity contribution in [2.45, 2.75) is 124 Å². The van der Waals surface area contributed by atoms with E-state index in [2.05, 4.69) is 13.8 Å². The summed E-state index contributed by atoms with van der Waals surface area (Å²) in [7, 11) is 0. The van der Waals surface area contributed by atoms with E-state index >= 15 is 0 Å². The molecule has 5 nitrogen and oxygen atoms in total. The minimum Gasteiger partial charge on any atom is -0.333 e. The van der Waals surface area contributed by atoms with Gasteiger partial charge in [-0.3, -0.25) is 14.2 Å². The third-order valence-corrected chi connectivity index (χ3v) is 8.00. The molecule has 0 aliphatic carbocycles.